The van der Waals surface area contributed by atoms with Crippen molar-refractivity contribution < 1.29 is 5.11 Å². The Bertz CT molecular complexity index is 1000. The van der Waals surface area contributed by atoms with Gasteiger partial charge in [-0.15, -0.1) is 0 Å². The quantitative estimate of drug-likeness (QED) is 0.534. The van der Waals surface area contributed by atoms with E-state index in [1.54, 1.807) is 0 Å². The van der Waals surface area contributed by atoms with Crippen LogP contribution in [0.5, 0.6) is 5.75 Å². The topological polar surface area (TPSA) is 20.2 Å². The molecule has 0 atom stereocenters. The maximum absolute atomic E-state index is 11.0. The van der Waals surface area contributed by atoms with E-state index in [1.165, 1.54) is 66.3 Å². The van der Waals surface area contributed by atoms with Crippen LogP contribution >= 0.6 is 0 Å². The molecule has 3 aliphatic carbocycles. The molecular formula is C30H38O. The van der Waals surface area contributed by atoms with E-state index in [0.29, 0.717) is 11.2 Å². The fourth-order valence-electron chi connectivity index (χ4n) is 7.53. The largest absolute Gasteiger partial charge is 0.507 e. The second kappa shape index (κ2) is 7.54. The van der Waals surface area contributed by atoms with E-state index in [0.717, 1.165) is 30.2 Å². The van der Waals surface area contributed by atoms with Crippen LogP contribution in [0, 0.1) is 17.3 Å². The number of hydrogen-bond acceptors (Lipinski definition) is 1. The van der Waals surface area contributed by atoms with Gasteiger partial charge in [0.2, 0.25) is 0 Å². The van der Waals surface area contributed by atoms with Gasteiger partial charge in [-0.25, -0.2) is 0 Å². The van der Waals surface area contributed by atoms with Crippen molar-refractivity contribution in [3.63, 3.8) is 0 Å². The molecule has 2 aromatic carbocycles. The lowest BCUT2D eigenvalue weighted by molar-refractivity contribution is 0.0897. The van der Waals surface area contributed by atoms with Gasteiger partial charge in [0.15, 0.2) is 0 Å². The molecule has 0 radical (unpaired) electrons. The van der Waals surface area contributed by atoms with Crippen LogP contribution in [0.15, 0.2) is 36.4 Å². The molecule has 2 aromatic rings. The Hall–Kier alpha value is -2.02. The average molecular weight is 415 g/mol. The molecule has 0 saturated heterocycles. The van der Waals surface area contributed by atoms with E-state index in [-0.39, 0.29) is 5.41 Å². The van der Waals surface area contributed by atoms with Crippen LogP contribution in [-0.2, 0) is 11.8 Å². The zero-order chi connectivity index (χ0) is 21.8. The zero-order valence-corrected chi connectivity index (χ0v) is 19.8. The molecule has 5 rings (SSSR count). The van der Waals surface area contributed by atoms with Gasteiger partial charge >= 0.3 is 0 Å². The smallest absolute Gasteiger partial charge is 0.123 e. The van der Waals surface area contributed by atoms with E-state index in [1.807, 2.05) is 0 Å². The molecule has 0 aromatic heterocycles. The fraction of sp³-hybridized carbons (Fsp3) is 0.533. The molecule has 1 spiro atoms. The summed E-state index contributed by atoms with van der Waals surface area (Å²) >= 11 is 0. The SMILES string of the molecule is CC(C)CC1(CC(C)C)CCC2(CC1)c1ccccc1-c1c2cc(O)c2c1CCC=C2. The van der Waals surface area contributed by atoms with Crippen LogP contribution in [0.1, 0.15) is 94.9 Å². The molecule has 1 fully saturated rings. The molecule has 0 bridgehead atoms. The highest BCUT2D eigenvalue weighted by Gasteiger charge is 2.50. The van der Waals surface area contributed by atoms with Gasteiger partial charge in [-0.1, -0.05) is 64.1 Å². The lowest BCUT2D eigenvalue weighted by atomic mass is 9.56. The third-order valence-electron chi connectivity index (χ3n) is 8.37. The van der Waals surface area contributed by atoms with Crippen molar-refractivity contribution in [3.05, 3.63) is 58.7 Å². The summed E-state index contributed by atoms with van der Waals surface area (Å²) in [4.78, 5) is 0. The van der Waals surface area contributed by atoms with Crippen molar-refractivity contribution in [1.82, 2.24) is 0 Å². The molecule has 1 N–H and O–H groups in total. The fourth-order valence-corrected chi connectivity index (χ4v) is 7.53. The summed E-state index contributed by atoms with van der Waals surface area (Å²) < 4.78 is 0. The minimum Gasteiger partial charge on any atom is -0.507 e. The van der Waals surface area contributed by atoms with Crippen LogP contribution in [0.2, 0.25) is 0 Å². The summed E-state index contributed by atoms with van der Waals surface area (Å²) in [6.07, 6.45) is 14.2. The van der Waals surface area contributed by atoms with Gasteiger partial charge in [-0.05, 0) is 103 Å². The number of allylic oxidation sites excluding steroid dienone is 1. The third kappa shape index (κ3) is 3.27. The lowest BCUT2D eigenvalue weighted by Crippen LogP contribution is -2.38. The molecule has 0 heterocycles. The molecule has 1 saturated carbocycles. The standard InChI is InChI=1S/C30H38O/c1-20(2)18-29(19-21(3)4)13-15-30(16-14-29)25-12-8-7-11-24(25)28-23-10-6-5-9-22(23)27(31)17-26(28)30/h5,7-9,11-12,17,20-21,31H,6,10,13-16,18-19H2,1-4H3. The molecule has 0 unspecified atom stereocenters. The first-order valence-corrected chi connectivity index (χ1v) is 12.5. The Labute approximate surface area is 188 Å². The van der Waals surface area contributed by atoms with Crippen molar-refractivity contribution in [2.24, 2.45) is 17.3 Å². The van der Waals surface area contributed by atoms with Gasteiger partial charge in [0.1, 0.15) is 5.75 Å². The van der Waals surface area contributed by atoms with Gasteiger partial charge in [-0.3, -0.25) is 0 Å². The molecule has 0 aliphatic heterocycles. The highest BCUT2D eigenvalue weighted by atomic mass is 16.3. The summed E-state index contributed by atoms with van der Waals surface area (Å²) in [5.41, 5.74) is 8.82. The highest BCUT2D eigenvalue weighted by molar-refractivity contribution is 5.88. The molecule has 31 heavy (non-hydrogen) atoms. The minimum atomic E-state index is 0.0804. The first-order chi connectivity index (χ1) is 14.9. The number of fused-ring (bicyclic) bond motifs is 7. The predicted molar refractivity (Wildman–Crippen MR) is 131 cm³/mol. The summed E-state index contributed by atoms with van der Waals surface area (Å²) in [5, 5.41) is 11.0. The Kier molecular flexibility index (Phi) is 5.07. The summed E-state index contributed by atoms with van der Waals surface area (Å²) in [6, 6.07) is 11.3. The normalized spacial score (nSPS) is 20.2. The molecule has 164 valence electrons. The molecule has 3 aliphatic rings. The van der Waals surface area contributed by atoms with Gasteiger partial charge in [0.25, 0.3) is 0 Å². The second-order valence-electron chi connectivity index (χ2n) is 11.5. The van der Waals surface area contributed by atoms with Crippen LogP contribution < -0.4 is 0 Å². The van der Waals surface area contributed by atoms with E-state index in [2.05, 4.69) is 70.2 Å². The van der Waals surface area contributed by atoms with Crippen LogP contribution in [0.25, 0.3) is 17.2 Å². The average Bonchev–Trinajstić information content (AvgIpc) is 3.00. The van der Waals surface area contributed by atoms with Crippen LogP contribution in [0.3, 0.4) is 0 Å². The van der Waals surface area contributed by atoms with Crippen molar-refractivity contribution in [1.29, 1.82) is 0 Å². The Balaban J connectivity index is 1.62. The number of hydrogen-bond donors (Lipinski definition) is 1. The predicted octanol–water partition coefficient (Wildman–Crippen LogP) is 8.27. The van der Waals surface area contributed by atoms with E-state index >= 15 is 0 Å². The number of benzene rings is 2. The van der Waals surface area contributed by atoms with E-state index in [9.17, 15) is 5.11 Å². The zero-order valence-electron chi connectivity index (χ0n) is 19.8. The Morgan fingerprint density at radius 2 is 1.58 bits per heavy atom. The minimum absolute atomic E-state index is 0.0804. The third-order valence-corrected chi connectivity index (χ3v) is 8.37. The Morgan fingerprint density at radius 3 is 2.26 bits per heavy atom. The van der Waals surface area contributed by atoms with Crippen molar-refractivity contribution >= 4 is 6.08 Å². The lowest BCUT2D eigenvalue weighted by Gasteiger charge is -2.48. The van der Waals surface area contributed by atoms with Gasteiger partial charge in [0, 0.05) is 11.0 Å². The molecular weight excluding hydrogens is 376 g/mol. The van der Waals surface area contributed by atoms with Crippen LogP contribution in [-0.4, -0.2) is 5.11 Å². The van der Waals surface area contributed by atoms with Gasteiger partial charge in [0.05, 0.1) is 0 Å². The second-order valence-corrected chi connectivity index (χ2v) is 11.5. The van der Waals surface area contributed by atoms with Crippen LogP contribution in [0.4, 0.5) is 0 Å². The molecule has 1 heteroatoms. The summed E-state index contributed by atoms with van der Waals surface area (Å²) in [6.45, 7) is 9.57. The van der Waals surface area contributed by atoms with E-state index < -0.39 is 0 Å². The number of phenols is 1. The Morgan fingerprint density at radius 1 is 0.903 bits per heavy atom. The van der Waals surface area contributed by atoms with Gasteiger partial charge < -0.3 is 5.11 Å². The molecule has 0 amide bonds. The van der Waals surface area contributed by atoms with E-state index in [4.69, 9.17) is 0 Å². The first-order valence-electron chi connectivity index (χ1n) is 12.5. The summed E-state index contributed by atoms with van der Waals surface area (Å²) in [5.74, 6) is 1.98. The maximum atomic E-state index is 11.0. The number of rotatable bonds is 4. The van der Waals surface area contributed by atoms with Crippen molar-refractivity contribution in [2.45, 2.75) is 84.5 Å². The number of phenolic OH excluding ortho intramolecular Hbond substituents is 1. The summed E-state index contributed by atoms with van der Waals surface area (Å²) in [7, 11) is 0. The first kappa shape index (κ1) is 20.9. The number of aromatic hydroxyl groups is 1. The van der Waals surface area contributed by atoms with Crippen molar-refractivity contribution in [3.8, 4) is 16.9 Å². The monoisotopic (exact) mass is 414 g/mol. The van der Waals surface area contributed by atoms with Crippen molar-refractivity contribution in [2.75, 3.05) is 0 Å². The highest BCUT2D eigenvalue weighted by Crippen LogP contribution is 2.62. The molecule has 1 nitrogen and oxygen atoms in total. The van der Waals surface area contributed by atoms with Gasteiger partial charge in [-0.2, -0.15) is 0 Å². The maximum Gasteiger partial charge on any atom is 0.123 e.